The van der Waals surface area contributed by atoms with Gasteiger partial charge in [0.05, 0.1) is 19.1 Å². The molecule has 21 heavy (non-hydrogen) atoms. The fourth-order valence-electron chi connectivity index (χ4n) is 1.83. The second-order valence-electron chi connectivity index (χ2n) is 4.33. The molecule has 0 spiro atoms. The van der Waals surface area contributed by atoms with E-state index < -0.39 is 5.97 Å². The highest BCUT2D eigenvalue weighted by Gasteiger charge is 2.10. The van der Waals surface area contributed by atoms with E-state index in [2.05, 4.69) is 10.1 Å². The third kappa shape index (κ3) is 4.06. The molecule has 0 aliphatic carbocycles. The van der Waals surface area contributed by atoms with E-state index in [9.17, 15) is 9.59 Å². The Balaban J connectivity index is 2.01. The first kappa shape index (κ1) is 15.1. The van der Waals surface area contributed by atoms with E-state index in [1.165, 1.54) is 18.4 Å². The second-order valence-corrected chi connectivity index (χ2v) is 5.58. The van der Waals surface area contributed by atoms with Crippen molar-refractivity contribution in [3.05, 3.63) is 51.7 Å². The minimum Gasteiger partial charge on any atom is -0.478 e. The molecule has 6 heteroatoms. The van der Waals surface area contributed by atoms with Crippen molar-refractivity contribution in [2.24, 2.45) is 0 Å². The summed E-state index contributed by atoms with van der Waals surface area (Å²) in [7, 11) is 1.36. The standard InChI is InChI=1S/C15H15NO4S/c1-20-14(17)8-10-6-7-11(21-10)9-16-13-5-3-2-4-12(13)15(18)19/h2-7,16H,8-9H2,1H3,(H,18,19). The Labute approximate surface area is 126 Å². The molecular weight excluding hydrogens is 290 g/mol. The summed E-state index contributed by atoms with van der Waals surface area (Å²) in [4.78, 5) is 24.2. The SMILES string of the molecule is COC(=O)Cc1ccc(CNc2ccccc2C(=O)O)s1. The van der Waals surface area contributed by atoms with Crippen LogP contribution in [0.5, 0.6) is 0 Å². The van der Waals surface area contributed by atoms with Gasteiger partial charge < -0.3 is 15.2 Å². The zero-order valence-electron chi connectivity index (χ0n) is 11.5. The van der Waals surface area contributed by atoms with Crippen LogP contribution in [-0.4, -0.2) is 24.2 Å². The largest absolute Gasteiger partial charge is 0.478 e. The van der Waals surface area contributed by atoms with Gasteiger partial charge in [-0.3, -0.25) is 4.79 Å². The van der Waals surface area contributed by atoms with Crippen molar-refractivity contribution in [1.82, 2.24) is 0 Å². The molecule has 5 nitrogen and oxygen atoms in total. The molecule has 2 rings (SSSR count). The van der Waals surface area contributed by atoms with Crippen LogP contribution < -0.4 is 5.32 Å². The molecule has 0 saturated heterocycles. The highest BCUT2D eigenvalue weighted by Crippen LogP contribution is 2.21. The number of anilines is 1. The Morgan fingerprint density at radius 2 is 1.90 bits per heavy atom. The maximum absolute atomic E-state index is 11.2. The number of thiophene rings is 1. The van der Waals surface area contributed by atoms with Crippen molar-refractivity contribution in [3.8, 4) is 0 Å². The summed E-state index contributed by atoms with van der Waals surface area (Å²) >= 11 is 1.50. The van der Waals surface area contributed by atoms with Gasteiger partial charge in [0, 0.05) is 22.0 Å². The molecule has 110 valence electrons. The molecule has 0 amide bonds. The summed E-state index contributed by atoms with van der Waals surface area (Å²) in [5.41, 5.74) is 0.816. The number of nitrogens with one attached hydrogen (secondary N) is 1. The molecule has 2 aromatic rings. The lowest BCUT2D eigenvalue weighted by atomic mass is 10.2. The van der Waals surface area contributed by atoms with Crippen molar-refractivity contribution < 1.29 is 19.4 Å². The van der Waals surface area contributed by atoms with Crippen LogP contribution in [0, 0.1) is 0 Å². The number of hydrogen-bond acceptors (Lipinski definition) is 5. The normalized spacial score (nSPS) is 10.1. The minimum atomic E-state index is -0.962. The van der Waals surface area contributed by atoms with Crippen molar-refractivity contribution in [2.45, 2.75) is 13.0 Å². The highest BCUT2D eigenvalue weighted by molar-refractivity contribution is 7.12. The van der Waals surface area contributed by atoms with E-state index in [0.717, 1.165) is 9.75 Å². The number of ether oxygens (including phenoxy) is 1. The molecule has 2 N–H and O–H groups in total. The lowest BCUT2D eigenvalue weighted by Gasteiger charge is -2.07. The van der Waals surface area contributed by atoms with Gasteiger partial charge in [0.25, 0.3) is 0 Å². The monoisotopic (exact) mass is 305 g/mol. The molecule has 0 bridgehead atoms. The molecule has 1 aromatic heterocycles. The van der Waals surface area contributed by atoms with E-state index in [1.807, 2.05) is 12.1 Å². The summed E-state index contributed by atoms with van der Waals surface area (Å²) in [5.74, 6) is -1.23. The first-order valence-corrected chi connectivity index (χ1v) is 7.12. The molecule has 0 fully saturated rings. The third-order valence-corrected chi connectivity index (χ3v) is 3.96. The number of carboxylic acid groups (broad SMARTS) is 1. The number of hydrogen-bond donors (Lipinski definition) is 2. The van der Waals surface area contributed by atoms with Gasteiger partial charge in [-0.15, -0.1) is 11.3 Å². The summed E-state index contributed by atoms with van der Waals surface area (Å²) in [6, 6.07) is 10.6. The first-order valence-electron chi connectivity index (χ1n) is 6.30. The Morgan fingerprint density at radius 1 is 1.19 bits per heavy atom. The number of carbonyl (C=O) groups is 2. The van der Waals surface area contributed by atoms with Gasteiger partial charge in [0.1, 0.15) is 0 Å². The highest BCUT2D eigenvalue weighted by atomic mass is 32.1. The number of methoxy groups -OCH3 is 1. The van der Waals surface area contributed by atoms with Crippen LogP contribution in [-0.2, 0) is 22.5 Å². The number of esters is 1. The van der Waals surface area contributed by atoms with Gasteiger partial charge in [-0.2, -0.15) is 0 Å². The predicted molar refractivity (Wildman–Crippen MR) is 80.8 cm³/mol. The zero-order valence-corrected chi connectivity index (χ0v) is 12.3. The Bertz CT molecular complexity index is 651. The number of carboxylic acids is 1. The van der Waals surface area contributed by atoms with Crippen molar-refractivity contribution in [1.29, 1.82) is 0 Å². The second kappa shape index (κ2) is 6.90. The van der Waals surface area contributed by atoms with Crippen LogP contribution in [0.2, 0.25) is 0 Å². The van der Waals surface area contributed by atoms with E-state index in [0.29, 0.717) is 12.2 Å². The lowest BCUT2D eigenvalue weighted by Crippen LogP contribution is -2.05. The lowest BCUT2D eigenvalue weighted by molar-refractivity contribution is -0.139. The Kier molecular flexibility index (Phi) is 4.94. The molecule has 0 saturated carbocycles. The van der Waals surface area contributed by atoms with Crippen molar-refractivity contribution in [2.75, 3.05) is 12.4 Å². The molecule has 0 unspecified atom stereocenters. The third-order valence-electron chi connectivity index (χ3n) is 2.87. The van der Waals surface area contributed by atoms with Crippen LogP contribution >= 0.6 is 11.3 Å². The molecule has 0 aliphatic heterocycles. The van der Waals surface area contributed by atoms with Crippen LogP contribution in [0.4, 0.5) is 5.69 Å². The Morgan fingerprint density at radius 3 is 2.62 bits per heavy atom. The van der Waals surface area contributed by atoms with Gasteiger partial charge in [-0.05, 0) is 24.3 Å². The van der Waals surface area contributed by atoms with Gasteiger partial charge in [-0.1, -0.05) is 12.1 Å². The van der Waals surface area contributed by atoms with Crippen LogP contribution in [0.15, 0.2) is 36.4 Å². The zero-order chi connectivity index (χ0) is 15.2. The van der Waals surface area contributed by atoms with Gasteiger partial charge in [-0.25, -0.2) is 4.79 Å². The quantitative estimate of drug-likeness (QED) is 0.803. The summed E-state index contributed by atoms with van der Waals surface area (Å²) in [6.07, 6.45) is 0.257. The van der Waals surface area contributed by atoms with E-state index in [-0.39, 0.29) is 18.0 Å². The molecule has 0 aliphatic rings. The molecular formula is C15H15NO4S. The van der Waals surface area contributed by atoms with Crippen molar-refractivity contribution >= 4 is 29.0 Å². The topological polar surface area (TPSA) is 75.6 Å². The number of rotatable bonds is 6. The van der Waals surface area contributed by atoms with E-state index in [1.54, 1.807) is 24.3 Å². The smallest absolute Gasteiger partial charge is 0.337 e. The fraction of sp³-hybridized carbons (Fsp3) is 0.200. The molecule has 1 aromatic carbocycles. The maximum atomic E-state index is 11.2. The summed E-state index contributed by atoms with van der Waals surface area (Å²) < 4.78 is 4.62. The van der Waals surface area contributed by atoms with Crippen LogP contribution in [0.1, 0.15) is 20.1 Å². The van der Waals surface area contributed by atoms with Crippen LogP contribution in [0.3, 0.4) is 0 Å². The van der Waals surface area contributed by atoms with Gasteiger partial charge >= 0.3 is 11.9 Å². The molecule has 0 atom stereocenters. The number of para-hydroxylation sites is 1. The number of benzene rings is 1. The Hall–Kier alpha value is -2.34. The average molecular weight is 305 g/mol. The molecule has 0 radical (unpaired) electrons. The van der Waals surface area contributed by atoms with Crippen molar-refractivity contribution in [3.63, 3.8) is 0 Å². The van der Waals surface area contributed by atoms with E-state index in [4.69, 9.17) is 5.11 Å². The van der Waals surface area contributed by atoms with Gasteiger partial charge in [0.2, 0.25) is 0 Å². The fourth-order valence-corrected chi connectivity index (χ4v) is 2.78. The summed E-state index contributed by atoms with van der Waals surface area (Å²) in [6.45, 7) is 0.510. The number of aromatic carboxylic acids is 1. The minimum absolute atomic E-state index is 0.240. The van der Waals surface area contributed by atoms with Gasteiger partial charge in [0.15, 0.2) is 0 Å². The maximum Gasteiger partial charge on any atom is 0.337 e. The number of carbonyl (C=O) groups excluding carboxylic acids is 1. The van der Waals surface area contributed by atoms with Crippen LogP contribution in [0.25, 0.3) is 0 Å². The van der Waals surface area contributed by atoms with E-state index >= 15 is 0 Å². The predicted octanol–water partition coefficient (Wildman–Crippen LogP) is 2.77. The summed E-state index contributed by atoms with van der Waals surface area (Å²) in [5, 5.41) is 12.2. The average Bonchev–Trinajstić information content (AvgIpc) is 2.92. The first-order chi connectivity index (χ1) is 10.1. The molecule has 1 heterocycles.